The first-order chi connectivity index (χ1) is 4.84. The first-order valence-corrected chi connectivity index (χ1v) is 3.54. The largest absolute Gasteiger partial charge is 0.266 e. The number of rotatable bonds is 4. The summed E-state index contributed by atoms with van der Waals surface area (Å²) in [6.07, 6.45) is 0.932. The number of hydrogen-bond donors (Lipinski definition) is 0. The summed E-state index contributed by atoms with van der Waals surface area (Å²) in [5.74, 6) is -2.74. The molecule has 0 heterocycles. The van der Waals surface area contributed by atoms with Crippen LogP contribution in [0.2, 0.25) is 0 Å². The molecule has 0 amide bonds. The van der Waals surface area contributed by atoms with Crippen molar-refractivity contribution in [2.45, 2.75) is 32.6 Å². The Hall–Kier alpha value is -0.660. The molecule has 0 aliphatic heterocycles. The molecule has 0 atom stereocenters. The molecule has 2 heteroatoms. The van der Waals surface area contributed by atoms with E-state index in [1.807, 2.05) is 6.92 Å². The Morgan fingerprint density at radius 2 is 1.73 bits per heavy atom. The minimum absolute atomic E-state index is 0.0134. The normalized spacial score (nSPS) is 11.3. The molecule has 0 aromatic rings. The van der Waals surface area contributed by atoms with E-state index in [-0.39, 0.29) is 5.57 Å². The van der Waals surface area contributed by atoms with Gasteiger partial charge in [0.05, 0.1) is 0 Å². The van der Waals surface area contributed by atoms with E-state index in [0.717, 1.165) is 12.5 Å². The molecule has 0 aliphatic carbocycles. The van der Waals surface area contributed by atoms with Gasteiger partial charge in [-0.1, -0.05) is 12.2 Å². The molecule has 0 saturated heterocycles. The summed E-state index contributed by atoms with van der Waals surface area (Å²) in [6.45, 7) is 9.62. The van der Waals surface area contributed by atoms with Crippen LogP contribution in [0.25, 0.3) is 0 Å². The van der Waals surface area contributed by atoms with Gasteiger partial charge in [-0.3, -0.25) is 0 Å². The number of alkyl halides is 2. The summed E-state index contributed by atoms with van der Waals surface area (Å²) in [7, 11) is 0. The fourth-order valence-corrected chi connectivity index (χ4v) is 0.584. The minimum Gasteiger partial charge on any atom is -0.202 e. The third kappa shape index (κ3) is 4.71. The third-order valence-electron chi connectivity index (χ3n) is 1.47. The van der Waals surface area contributed by atoms with Crippen molar-refractivity contribution in [1.82, 2.24) is 0 Å². The molecule has 0 aromatic carbocycles. The molecule has 0 aromatic heterocycles. The molecule has 0 saturated carbocycles. The molecular formula is C9H14F2. The summed E-state index contributed by atoms with van der Waals surface area (Å²) in [5, 5.41) is 0. The zero-order valence-electron chi connectivity index (χ0n) is 7.08. The van der Waals surface area contributed by atoms with Crippen LogP contribution in [0.5, 0.6) is 0 Å². The van der Waals surface area contributed by atoms with Gasteiger partial charge in [0.25, 0.3) is 5.92 Å². The zero-order chi connectivity index (χ0) is 9.07. The van der Waals surface area contributed by atoms with Crippen molar-refractivity contribution >= 4 is 0 Å². The van der Waals surface area contributed by atoms with Gasteiger partial charge in [-0.2, -0.15) is 0 Å². The maximum Gasteiger partial charge on any atom is 0.266 e. The average Bonchev–Trinajstić information content (AvgIpc) is 1.80. The quantitative estimate of drug-likeness (QED) is 0.551. The summed E-state index contributed by atoms with van der Waals surface area (Å²) < 4.78 is 24.9. The van der Waals surface area contributed by atoms with Crippen molar-refractivity contribution in [3.63, 3.8) is 0 Å². The molecule has 0 nitrogen and oxygen atoms in total. The van der Waals surface area contributed by atoms with Crippen LogP contribution in [0.1, 0.15) is 26.7 Å². The Labute approximate surface area is 66.6 Å². The first kappa shape index (κ1) is 10.3. The molecule has 0 bridgehead atoms. The summed E-state index contributed by atoms with van der Waals surface area (Å²) in [5.41, 5.74) is 0.899. The fraction of sp³-hybridized carbons (Fsp3) is 0.556. The maximum atomic E-state index is 12.4. The van der Waals surface area contributed by atoms with Crippen molar-refractivity contribution in [2.75, 3.05) is 0 Å². The van der Waals surface area contributed by atoms with E-state index in [1.54, 1.807) is 0 Å². The second-order valence-electron chi connectivity index (χ2n) is 2.95. The van der Waals surface area contributed by atoms with Crippen molar-refractivity contribution in [3.8, 4) is 0 Å². The van der Waals surface area contributed by atoms with E-state index >= 15 is 0 Å². The van der Waals surface area contributed by atoms with Gasteiger partial charge in [-0.15, -0.1) is 6.58 Å². The summed E-state index contributed by atoms with van der Waals surface area (Å²) in [6, 6.07) is 0. The molecule has 0 N–H and O–H groups in total. The van der Waals surface area contributed by atoms with E-state index in [0.29, 0.717) is 12.8 Å². The van der Waals surface area contributed by atoms with E-state index in [4.69, 9.17) is 0 Å². The highest BCUT2D eigenvalue weighted by Gasteiger charge is 2.24. The van der Waals surface area contributed by atoms with Gasteiger partial charge < -0.3 is 0 Å². The smallest absolute Gasteiger partial charge is 0.202 e. The standard InChI is InChI=1S/C9H14F2/c1-7(2)5-6-8(3)9(4,10)11/h1,3,5-6H2,2,4H3. The van der Waals surface area contributed by atoms with Gasteiger partial charge >= 0.3 is 0 Å². The van der Waals surface area contributed by atoms with Crippen LogP contribution in [-0.2, 0) is 0 Å². The molecule has 64 valence electrons. The Kier molecular flexibility index (Phi) is 3.43. The van der Waals surface area contributed by atoms with Crippen molar-refractivity contribution < 1.29 is 8.78 Å². The van der Waals surface area contributed by atoms with Gasteiger partial charge in [0.2, 0.25) is 0 Å². The van der Waals surface area contributed by atoms with E-state index in [1.165, 1.54) is 0 Å². The van der Waals surface area contributed by atoms with Crippen molar-refractivity contribution in [3.05, 3.63) is 24.3 Å². The Balaban J connectivity index is 3.80. The Morgan fingerprint density at radius 3 is 2.00 bits per heavy atom. The average molecular weight is 160 g/mol. The van der Waals surface area contributed by atoms with Gasteiger partial charge in [0, 0.05) is 6.92 Å². The van der Waals surface area contributed by atoms with Crippen LogP contribution in [0.3, 0.4) is 0 Å². The third-order valence-corrected chi connectivity index (χ3v) is 1.47. The molecule has 0 aliphatic rings. The van der Waals surface area contributed by atoms with Gasteiger partial charge in [0.1, 0.15) is 0 Å². The number of hydrogen-bond acceptors (Lipinski definition) is 0. The zero-order valence-corrected chi connectivity index (χ0v) is 7.08. The van der Waals surface area contributed by atoms with Crippen molar-refractivity contribution in [1.29, 1.82) is 0 Å². The van der Waals surface area contributed by atoms with Crippen LogP contribution in [0.15, 0.2) is 24.3 Å². The highest BCUT2D eigenvalue weighted by atomic mass is 19.3. The molecule has 0 unspecified atom stereocenters. The molecule has 0 spiro atoms. The van der Waals surface area contributed by atoms with Crippen LogP contribution < -0.4 is 0 Å². The Morgan fingerprint density at radius 1 is 1.27 bits per heavy atom. The summed E-state index contributed by atoms with van der Waals surface area (Å²) in [4.78, 5) is 0. The lowest BCUT2D eigenvalue weighted by Crippen LogP contribution is -2.12. The second kappa shape index (κ2) is 3.65. The highest BCUT2D eigenvalue weighted by Crippen LogP contribution is 2.25. The monoisotopic (exact) mass is 160 g/mol. The fourth-order valence-electron chi connectivity index (χ4n) is 0.584. The topological polar surface area (TPSA) is 0 Å². The van der Waals surface area contributed by atoms with Crippen LogP contribution in [-0.4, -0.2) is 5.92 Å². The molecule has 0 radical (unpaired) electrons. The van der Waals surface area contributed by atoms with Gasteiger partial charge in [-0.05, 0) is 25.3 Å². The number of allylic oxidation sites excluding steroid dienone is 2. The molecular weight excluding hydrogens is 146 g/mol. The Bertz CT molecular complexity index is 163. The van der Waals surface area contributed by atoms with Crippen LogP contribution in [0, 0.1) is 0 Å². The second-order valence-corrected chi connectivity index (χ2v) is 2.95. The van der Waals surface area contributed by atoms with Gasteiger partial charge in [-0.25, -0.2) is 8.78 Å². The molecule has 11 heavy (non-hydrogen) atoms. The molecule has 0 fully saturated rings. The van der Waals surface area contributed by atoms with Crippen LogP contribution >= 0.6 is 0 Å². The highest BCUT2D eigenvalue weighted by molar-refractivity contribution is 5.07. The number of halogens is 2. The van der Waals surface area contributed by atoms with Crippen LogP contribution in [0.4, 0.5) is 8.78 Å². The predicted molar refractivity (Wildman–Crippen MR) is 43.8 cm³/mol. The molecule has 0 rings (SSSR count). The van der Waals surface area contributed by atoms with E-state index in [9.17, 15) is 8.78 Å². The SMILES string of the molecule is C=C(C)CCC(=C)C(C)(F)F. The lowest BCUT2D eigenvalue weighted by molar-refractivity contribution is 0.0602. The first-order valence-electron chi connectivity index (χ1n) is 3.54. The summed E-state index contributed by atoms with van der Waals surface area (Å²) >= 11 is 0. The lowest BCUT2D eigenvalue weighted by Gasteiger charge is -2.12. The van der Waals surface area contributed by atoms with E-state index < -0.39 is 5.92 Å². The lowest BCUT2D eigenvalue weighted by atomic mass is 10.0. The minimum atomic E-state index is -2.74. The maximum absolute atomic E-state index is 12.4. The van der Waals surface area contributed by atoms with E-state index in [2.05, 4.69) is 13.2 Å². The van der Waals surface area contributed by atoms with Crippen molar-refractivity contribution in [2.24, 2.45) is 0 Å². The predicted octanol–water partition coefficient (Wildman–Crippen LogP) is 3.55. The van der Waals surface area contributed by atoms with Gasteiger partial charge in [0.15, 0.2) is 0 Å².